The van der Waals surface area contributed by atoms with Crippen molar-refractivity contribution >= 4 is 10.0 Å². The van der Waals surface area contributed by atoms with Crippen molar-refractivity contribution in [1.29, 1.82) is 0 Å². The number of sulfonamides is 1. The van der Waals surface area contributed by atoms with E-state index in [-0.39, 0.29) is 11.9 Å². The van der Waals surface area contributed by atoms with Crippen molar-refractivity contribution in [2.45, 2.75) is 32.9 Å². The van der Waals surface area contributed by atoms with Crippen molar-refractivity contribution in [3.8, 4) is 11.5 Å². The molecular weight excluding hydrogens is 292 g/mol. The molecule has 0 aliphatic rings. The van der Waals surface area contributed by atoms with Gasteiger partial charge in [0.1, 0.15) is 0 Å². The number of methoxy groups -OCH3 is 1. The van der Waals surface area contributed by atoms with Crippen molar-refractivity contribution in [3.05, 3.63) is 23.8 Å². The number of hydrogen-bond donors (Lipinski definition) is 2. The van der Waals surface area contributed by atoms with Crippen LogP contribution in [0.4, 0.5) is 0 Å². The number of primary sulfonamides is 1. The lowest BCUT2D eigenvalue weighted by Crippen LogP contribution is -2.22. The predicted octanol–water partition coefficient (Wildman–Crippen LogP) is 1.25. The summed E-state index contributed by atoms with van der Waals surface area (Å²) in [6.45, 7) is 5.13. The van der Waals surface area contributed by atoms with Gasteiger partial charge in [-0.25, -0.2) is 13.6 Å². The van der Waals surface area contributed by atoms with Gasteiger partial charge in [0, 0.05) is 6.54 Å². The normalized spacial score (nSPS) is 11.7. The van der Waals surface area contributed by atoms with Crippen LogP contribution in [0.25, 0.3) is 0 Å². The molecule has 0 bridgehead atoms. The number of nitrogens with one attached hydrogen (secondary N) is 1. The van der Waals surface area contributed by atoms with Crippen LogP contribution in [0.2, 0.25) is 0 Å². The molecule has 0 aliphatic carbocycles. The van der Waals surface area contributed by atoms with E-state index in [0.29, 0.717) is 31.0 Å². The number of rotatable bonds is 9. The van der Waals surface area contributed by atoms with Gasteiger partial charge in [-0.1, -0.05) is 6.07 Å². The first-order chi connectivity index (χ1) is 9.81. The fraction of sp³-hybridized carbons (Fsp3) is 0.571. The van der Waals surface area contributed by atoms with E-state index in [1.54, 1.807) is 7.11 Å². The molecule has 0 unspecified atom stereocenters. The Hall–Kier alpha value is -1.31. The second-order valence-corrected chi connectivity index (χ2v) is 6.78. The monoisotopic (exact) mass is 316 g/mol. The lowest BCUT2D eigenvalue weighted by molar-refractivity contribution is 0.230. The maximum absolute atomic E-state index is 10.8. The summed E-state index contributed by atoms with van der Waals surface area (Å²) in [5.74, 6) is 1.39. The summed E-state index contributed by atoms with van der Waals surface area (Å²) >= 11 is 0. The largest absolute Gasteiger partial charge is 0.493 e. The first-order valence-electron chi connectivity index (χ1n) is 6.86. The summed E-state index contributed by atoms with van der Waals surface area (Å²) in [4.78, 5) is 0. The van der Waals surface area contributed by atoms with Crippen LogP contribution in [0, 0.1) is 0 Å². The Balaban J connectivity index is 2.49. The number of hydrogen-bond acceptors (Lipinski definition) is 5. The van der Waals surface area contributed by atoms with E-state index in [1.165, 1.54) is 0 Å². The smallest absolute Gasteiger partial charge is 0.209 e. The van der Waals surface area contributed by atoms with Gasteiger partial charge >= 0.3 is 0 Å². The van der Waals surface area contributed by atoms with E-state index in [9.17, 15) is 8.42 Å². The van der Waals surface area contributed by atoms with Crippen LogP contribution < -0.4 is 19.9 Å². The van der Waals surface area contributed by atoms with Crippen molar-refractivity contribution in [1.82, 2.24) is 5.32 Å². The molecule has 6 nitrogen and oxygen atoms in total. The predicted molar refractivity (Wildman–Crippen MR) is 83.1 cm³/mol. The van der Waals surface area contributed by atoms with Gasteiger partial charge in [0.05, 0.1) is 19.0 Å². The van der Waals surface area contributed by atoms with Crippen LogP contribution in [0.5, 0.6) is 11.5 Å². The summed E-state index contributed by atoms with van der Waals surface area (Å²) in [7, 11) is -1.77. The quantitative estimate of drug-likeness (QED) is 0.669. The molecule has 21 heavy (non-hydrogen) atoms. The zero-order valence-corrected chi connectivity index (χ0v) is 13.6. The zero-order chi connectivity index (χ0) is 15.9. The van der Waals surface area contributed by atoms with Crippen LogP contribution >= 0.6 is 0 Å². The first-order valence-corrected chi connectivity index (χ1v) is 8.58. The third kappa shape index (κ3) is 7.31. The number of benzene rings is 1. The van der Waals surface area contributed by atoms with Gasteiger partial charge in [-0.2, -0.15) is 0 Å². The molecule has 0 aromatic heterocycles. The maximum Gasteiger partial charge on any atom is 0.209 e. The van der Waals surface area contributed by atoms with E-state index < -0.39 is 10.0 Å². The number of ether oxygens (including phenoxy) is 2. The highest BCUT2D eigenvalue weighted by Crippen LogP contribution is 2.28. The zero-order valence-electron chi connectivity index (χ0n) is 12.8. The van der Waals surface area contributed by atoms with Crippen LogP contribution in [0.3, 0.4) is 0 Å². The first kappa shape index (κ1) is 17.7. The average molecular weight is 316 g/mol. The SMILES string of the molecule is COc1cc(CNCCCS(N)(=O)=O)ccc1OC(C)C. The third-order valence-corrected chi connectivity index (χ3v) is 3.56. The second-order valence-electron chi connectivity index (χ2n) is 5.05. The van der Waals surface area contributed by atoms with E-state index >= 15 is 0 Å². The van der Waals surface area contributed by atoms with Crippen molar-refractivity contribution < 1.29 is 17.9 Å². The standard InChI is InChI=1S/C14H24N2O4S/c1-11(2)20-13-6-5-12(9-14(13)19-3)10-16-7-4-8-21(15,17)18/h5-6,9,11,16H,4,7-8,10H2,1-3H3,(H2,15,17,18). The van der Waals surface area contributed by atoms with Gasteiger partial charge in [-0.3, -0.25) is 0 Å². The molecule has 0 saturated heterocycles. The Bertz CT molecular complexity index is 544. The number of nitrogens with two attached hydrogens (primary N) is 1. The van der Waals surface area contributed by atoms with Gasteiger partial charge < -0.3 is 14.8 Å². The minimum absolute atomic E-state index is 0.00944. The van der Waals surface area contributed by atoms with Crippen LogP contribution in [0.15, 0.2) is 18.2 Å². The van der Waals surface area contributed by atoms with Crippen LogP contribution in [-0.4, -0.2) is 33.9 Å². The molecule has 3 N–H and O–H groups in total. The summed E-state index contributed by atoms with van der Waals surface area (Å²) < 4.78 is 32.5. The molecule has 0 atom stereocenters. The Morgan fingerprint density at radius 3 is 2.57 bits per heavy atom. The maximum atomic E-state index is 10.8. The topological polar surface area (TPSA) is 90.6 Å². The molecule has 7 heteroatoms. The van der Waals surface area contributed by atoms with Gasteiger partial charge in [0.25, 0.3) is 0 Å². The highest BCUT2D eigenvalue weighted by Gasteiger charge is 2.07. The summed E-state index contributed by atoms with van der Waals surface area (Å²) in [6.07, 6.45) is 0.575. The molecule has 0 amide bonds. The molecule has 0 spiro atoms. The lowest BCUT2D eigenvalue weighted by Gasteiger charge is -2.14. The van der Waals surface area contributed by atoms with Gasteiger partial charge in [-0.15, -0.1) is 0 Å². The lowest BCUT2D eigenvalue weighted by atomic mass is 10.2. The highest BCUT2D eigenvalue weighted by atomic mass is 32.2. The van der Waals surface area contributed by atoms with Crippen molar-refractivity contribution in [2.24, 2.45) is 5.14 Å². The Morgan fingerprint density at radius 1 is 1.29 bits per heavy atom. The van der Waals surface area contributed by atoms with Crippen molar-refractivity contribution in [3.63, 3.8) is 0 Å². The van der Waals surface area contributed by atoms with Crippen LogP contribution in [0.1, 0.15) is 25.8 Å². The molecule has 120 valence electrons. The van der Waals surface area contributed by atoms with Crippen LogP contribution in [-0.2, 0) is 16.6 Å². The molecule has 1 aromatic carbocycles. The van der Waals surface area contributed by atoms with E-state index in [0.717, 1.165) is 5.56 Å². The molecule has 1 aromatic rings. The van der Waals surface area contributed by atoms with Gasteiger partial charge in [-0.05, 0) is 44.5 Å². The molecule has 0 radical (unpaired) electrons. The minimum atomic E-state index is -3.37. The molecule has 0 aliphatic heterocycles. The third-order valence-electron chi connectivity index (χ3n) is 2.70. The second kappa shape index (κ2) is 8.21. The summed E-state index contributed by atoms with van der Waals surface area (Å²) in [5.41, 5.74) is 1.04. The molecule has 0 fully saturated rings. The summed E-state index contributed by atoms with van der Waals surface area (Å²) in [6, 6.07) is 5.73. The van der Waals surface area contributed by atoms with E-state index in [2.05, 4.69) is 5.32 Å². The summed E-state index contributed by atoms with van der Waals surface area (Å²) in [5, 5.41) is 8.11. The Kier molecular flexibility index (Phi) is 6.94. The van der Waals surface area contributed by atoms with E-state index in [1.807, 2.05) is 32.0 Å². The highest BCUT2D eigenvalue weighted by molar-refractivity contribution is 7.89. The molecule has 1 rings (SSSR count). The molecule has 0 heterocycles. The fourth-order valence-corrected chi connectivity index (χ4v) is 2.35. The Labute approximate surface area is 126 Å². The molecule has 0 saturated carbocycles. The van der Waals surface area contributed by atoms with Gasteiger partial charge in [0.15, 0.2) is 11.5 Å². The Morgan fingerprint density at radius 2 is 2.00 bits per heavy atom. The molecular formula is C14H24N2O4S. The van der Waals surface area contributed by atoms with E-state index in [4.69, 9.17) is 14.6 Å². The van der Waals surface area contributed by atoms with Gasteiger partial charge in [0.2, 0.25) is 10.0 Å². The minimum Gasteiger partial charge on any atom is -0.493 e. The fourth-order valence-electron chi connectivity index (χ4n) is 1.80. The van der Waals surface area contributed by atoms with Crippen molar-refractivity contribution in [2.75, 3.05) is 19.4 Å². The average Bonchev–Trinajstić information content (AvgIpc) is 2.38.